The minimum Gasteiger partial charge on any atom is -0.396 e. The predicted molar refractivity (Wildman–Crippen MR) is 72.9 cm³/mol. The van der Waals surface area contributed by atoms with E-state index in [1.165, 1.54) is 0 Å². The Morgan fingerprint density at radius 1 is 1.28 bits per heavy atom. The van der Waals surface area contributed by atoms with Crippen LogP contribution in [0.3, 0.4) is 0 Å². The first-order valence-corrected chi connectivity index (χ1v) is 6.06. The Labute approximate surface area is 107 Å². The molecule has 4 heteroatoms. The van der Waals surface area contributed by atoms with Gasteiger partial charge in [-0.1, -0.05) is 26.0 Å². The summed E-state index contributed by atoms with van der Waals surface area (Å²) in [6.45, 7) is 4.92. The summed E-state index contributed by atoms with van der Waals surface area (Å²) in [6.07, 6.45) is 3.67. The quantitative estimate of drug-likeness (QED) is 0.850. The van der Waals surface area contributed by atoms with Gasteiger partial charge in [0.25, 0.3) is 0 Å². The SMILES string of the molecule is CC(C)(CO)CNc1ccccc1-n1cccn1. The van der Waals surface area contributed by atoms with Crippen LogP contribution in [0.5, 0.6) is 0 Å². The maximum absolute atomic E-state index is 9.27. The van der Waals surface area contributed by atoms with Gasteiger partial charge in [-0.05, 0) is 18.2 Å². The van der Waals surface area contributed by atoms with Crippen LogP contribution < -0.4 is 5.32 Å². The number of aromatic nitrogens is 2. The second-order valence-electron chi connectivity index (χ2n) is 5.14. The normalized spacial score (nSPS) is 11.5. The number of hydrogen-bond acceptors (Lipinski definition) is 3. The van der Waals surface area contributed by atoms with Gasteiger partial charge < -0.3 is 10.4 Å². The lowest BCUT2D eigenvalue weighted by atomic mass is 9.95. The fourth-order valence-corrected chi connectivity index (χ4v) is 1.62. The van der Waals surface area contributed by atoms with Crippen LogP contribution in [0.4, 0.5) is 5.69 Å². The van der Waals surface area contributed by atoms with E-state index in [2.05, 4.69) is 10.4 Å². The van der Waals surface area contributed by atoms with Crippen molar-refractivity contribution < 1.29 is 5.11 Å². The van der Waals surface area contributed by atoms with E-state index < -0.39 is 0 Å². The zero-order valence-electron chi connectivity index (χ0n) is 10.8. The number of para-hydroxylation sites is 2. The van der Waals surface area contributed by atoms with Crippen molar-refractivity contribution in [3.63, 3.8) is 0 Å². The summed E-state index contributed by atoms with van der Waals surface area (Å²) in [5, 5.41) is 16.9. The molecular weight excluding hydrogens is 226 g/mol. The van der Waals surface area contributed by atoms with Gasteiger partial charge in [-0.3, -0.25) is 0 Å². The third-order valence-electron chi connectivity index (χ3n) is 2.84. The molecule has 2 rings (SSSR count). The van der Waals surface area contributed by atoms with E-state index in [-0.39, 0.29) is 12.0 Å². The molecule has 1 aromatic heterocycles. The molecule has 0 saturated carbocycles. The first kappa shape index (κ1) is 12.6. The van der Waals surface area contributed by atoms with Crippen molar-refractivity contribution in [2.24, 2.45) is 5.41 Å². The summed E-state index contributed by atoms with van der Waals surface area (Å²) >= 11 is 0. The first-order chi connectivity index (χ1) is 8.62. The summed E-state index contributed by atoms with van der Waals surface area (Å²) in [6, 6.07) is 9.90. The van der Waals surface area contributed by atoms with Crippen LogP contribution in [0.15, 0.2) is 42.7 Å². The second-order valence-corrected chi connectivity index (χ2v) is 5.14. The number of anilines is 1. The molecule has 0 atom stereocenters. The molecule has 96 valence electrons. The van der Waals surface area contributed by atoms with Gasteiger partial charge in [0.05, 0.1) is 11.4 Å². The van der Waals surface area contributed by atoms with Crippen molar-refractivity contribution in [1.29, 1.82) is 0 Å². The van der Waals surface area contributed by atoms with Crippen LogP contribution in [-0.2, 0) is 0 Å². The maximum Gasteiger partial charge on any atom is 0.0876 e. The molecule has 0 unspecified atom stereocenters. The molecular formula is C14H19N3O. The first-order valence-electron chi connectivity index (χ1n) is 6.06. The van der Waals surface area contributed by atoms with E-state index in [1.807, 2.05) is 55.1 Å². The molecule has 2 aromatic rings. The van der Waals surface area contributed by atoms with Gasteiger partial charge in [0.2, 0.25) is 0 Å². The van der Waals surface area contributed by atoms with Crippen LogP contribution >= 0.6 is 0 Å². The molecule has 2 N–H and O–H groups in total. The van der Waals surface area contributed by atoms with Crippen LogP contribution in [0.2, 0.25) is 0 Å². The molecule has 0 aliphatic carbocycles. The Morgan fingerprint density at radius 3 is 2.72 bits per heavy atom. The van der Waals surface area contributed by atoms with Crippen LogP contribution in [-0.4, -0.2) is 28.0 Å². The molecule has 4 nitrogen and oxygen atoms in total. The Hall–Kier alpha value is -1.81. The highest BCUT2D eigenvalue weighted by molar-refractivity contribution is 5.60. The van der Waals surface area contributed by atoms with E-state index >= 15 is 0 Å². The van der Waals surface area contributed by atoms with Crippen LogP contribution in [0, 0.1) is 5.41 Å². The number of aliphatic hydroxyl groups excluding tert-OH is 1. The van der Waals surface area contributed by atoms with Gasteiger partial charge >= 0.3 is 0 Å². The lowest BCUT2D eigenvalue weighted by molar-refractivity contribution is 0.171. The Balaban J connectivity index is 2.19. The molecule has 0 saturated heterocycles. The third-order valence-corrected chi connectivity index (χ3v) is 2.84. The van der Waals surface area contributed by atoms with Crippen molar-refractivity contribution >= 4 is 5.69 Å². The highest BCUT2D eigenvalue weighted by atomic mass is 16.3. The molecule has 18 heavy (non-hydrogen) atoms. The average molecular weight is 245 g/mol. The van der Waals surface area contributed by atoms with Crippen molar-refractivity contribution in [2.45, 2.75) is 13.8 Å². The smallest absolute Gasteiger partial charge is 0.0876 e. The van der Waals surface area contributed by atoms with Gasteiger partial charge in [0, 0.05) is 31.0 Å². The molecule has 0 fully saturated rings. The molecule has 0 aliphatic rings. The monoisotopic (exact) mass is 245 g/mol. The second kappa shape index (κ2) is 5.23. The van der Waals surface area contributed by atoms with E-state index in [4.69, 9.17) is 0 Å². The van der Waals surface area contributed by atoms with E-state index in [9.17, 15) is 5.11 Å². The van der Waals surface area contributed by atoms with Crippen molar-refractivity contribution in [3.8, 4) is 5.69 Å². The van der Waals surface area contributed by atoms with Crippen LogP contribution in [0.1, 0.15) is 13.8 Å². The number of hydrogen-bond donors (Lipinski definition) is 2. The summed E-state index contributed by atoms with van der Waals surface area (Å²) in [4.78, 5) is 0. The molecule has 1 aromatic carbocycles. The number of rotatable bonds is 5. The molecule has 0 spiro atoms. The van der Waals surface area contributed by atoms with E-state index in [1.54, 1.807) is 6.20 Å². The van der Waals surface area contributed by atoms with Crippen molar-refractivity contribution in [3.05, 3.63) is 42.7 Å². The van der Waals surface area contributed by atoms with Gasteiger partial charge in [0.15, 0.2) is 0 Å². The standard InChI is InChI=1S/C14H19N3O/c1-14(2,11-18)10-15-12-6-3-4-7-13(12)17-9-5-8-16-17/h3-9,15,18H,10-11H2,1-2H3. The summed E-state index contributed by atoms with van der Waals surface area (Å²) in [7, 11) is 0. The van der Waals surface area contributed by atoms with Gasteiger partial charge in [-0.15, -0.1) is 0 Å². The summed E-state index contributed by atoms with van der Waals surface area (Å²) < 4.78 is 1.83. The number of aliphatic hydroxyl groups is 1. The fraction of sp³-hybridized carbons (Fsp3) is 0.357. The summed E-state index contributed by atoms with van der Waals surface area (Å²) in [5.74, 6) is 0. The molecule has 0 bridgehead atoms. The lowest BCUT2D eigenvalue weighted by Gasteiger charge is -2.23. The Bertz CT molecular complexity index is 492. The minimum absolute atomic E-state index is 0.142. The third kappa shape index (κ3) is 2.90. The number of nitrogens with zero attached hydrogens (tertiary/aromatic N) is 2. The van der Waals surface area contributed by atoms with E-state index in [0.717, 1.165) is 11.4 Å². The van der Waals surface area contributed by atoms with Gasteiger partial charge in [-0.2, -0.15) is 5.10 Å². The highest BCUT2D eigenvalue weighted by Gasteiger charge is 2.16. The van der Waals surface area contributed by atoms with E-state index in [0.29, 0.717) is 6.54 Å². The zero-order valence-corrected chi connectivity index (χ0v) is 10.8. The van der Waals surface area contributed by atoms with Crippen LogP contribution in [0.25, 0.3) is 5.69 Å². The summed E-state index contributed by atoms with van der Waals surface area (Å²) in [5.41, 5.74) is 1.89. The average Bonchev–Trinajstić information content (AvgIpc) is 2.91. The Morgan fingerprint density at radius 2 is 2.06 bits per heavy atom. The predicted octanol–water partition coefficient (Wildman–Crippen LogP) is 2.30. The zero-order chi connectivity index (χ0) is 13.0. The molecule has 1 heterocycles. The number of benzene rings is 1. The Kier molecular flexibility index (Phi) is 3.67. The van der Waals surface area contributed by atoms with Crippen molar-refractivity contribution in [2.75, 3.05) is 18.5 Å². The highest BCUT2D eigenvalue weighted by Crippen LogP contribution is 2.21. The van der Waals surface area contributed by atoms with Gasteiger partial charge in [0.1, 0.15) is 0 Å². The topological polar surface area (TPSA) is 50.1 Å². The fourth-order valence-electron chi connectivity index (χ4n) is 1.62. The largest absolute Gasteiger partial charge is 0.396 e. The minimum atomic E-state index is -0.142. The lowest BCUT2D eigenvalue weighted by Crippen LogP contribution is -2.27. The maximum atomic E-state index is 9.27. The van der Waals surface area contributed by atoms with Gasteiger partial charge in [-0.25, -0.2) is 4.68 Å². The molecule has 0 aliphatic heterocycles. The molecule has 0 amide bonds. The molecule has 0 radical (unpaired) electrons. The van der Waals surface area contributed by atoms with Crippen molar-refractivity contribution in [1.82, 2.24) is 9.78 Å². The number of nitrogens with one attached hydrogen (secondary N) is 1.